The van der Waals surface area contributed by atoms with Gasteiger partial charge in [0, 0.05) is 17.4 Å². The number of carbonyl (C=O) groups excluding carboxylic acids is 1. The third-order valence-electron chi connectivity index (χ3n) is 5.26. The fourth-order valence-electron chi connectivity index (χ4n) is 3.81. The number of imidazole rings is 1. The number of fused-ring (bicyclic) bond motifs is 1. The zero-order chi connectivity index (χ0) is 22.0. The molecule has 0 N–H and O–H groups in total. The second-order valence-electron chi connectivity index (χ2n) is 7.28. The minimum absolute atomic E-state index is 0.243. The molecule has 1 aliphatic carbocycles. The Morgan fingerprint density at radius 1 is 1.23 bits per heavy atom. The number of benzene rings is 1. The van der Waals surface area contributed by atoms with Gasteiger partial charge in [0.15, 0.2) is 5.69 Å². The van der Waals surface area contributed by atoms with Gasteiger partial charge in [0.05, 0.1) is 19.6 Å². The van der Waals surface area contributed by atoms with Crippen molar-refractivity contribution in [3.05, 3.63) is 94.1 Å². The first-order valence-electron chi connectivity index (χ1n) is 9.99. The number of nitrogens with zero attached hydrogens (tertiary/aromatic N) is 2. The molecule has 0 fully saturated rings. The first-order valence-corrected chi connectivity index (χ1v) is 10.4. The first kappa shape index (κ1) is 21.1. The van der Waals surface area contributed by atoms with Gasteiger partial charge in [0.2, 0.25) is 0 Å². The zero-order valence-electron chi connectivity index (χ0n) is 17.2. The van der Waals surface area contributed by atoms with E-state index in [1.54, 1.807) is 48.9 Å². The maximum atomic E-state index is 15.6. The van der Waals surface area contributed by atoms with Crippen LogP contribution in [0.1, 0.15) is 34.5 Å². The fourth-order valence-corrected chi connectivity index (χ4v) is 4.01. The van der Waals surface area contributed by atoms with Crippen LogP contribution in [0.3, 0.4) is 0 Å². The highest BCUT2D eigenvalue weighted by Crippen LogP contribution is 2.38. The van der Waals surface area contributed by atoms with E-state index in [0.717, 1.165) is 11.1 Å². The summed E-state index contributed by atoms with van der Waals surface area (Å²) in [6, 6.07) is 10.9. The minimum Gasteiger partial charge on any atom is -0.500 e. The summed E-state index contributed by atoms with van der Waals surface area (Å²) in [5.41, 5.74) is 3.17. The van der Waals surface area contributed by atoms with Crippen molar-refractivity contribution in [1.29, 1.82) is 0 Å². The largest absolute Gasteiger partial charge is 0.500 e. The van der Waals surface area contributed by atoms with E-state index in [4.69, 9.17) is 21.1 Å². The Kier molecular flexibility index (Phi) is 6.09. The molecule has 0 amide bonds. The van der Waals surface area contributed by atoms with Gasteiger partial charge in [-0.05, 0) is 54.3 Å². The summed E-state index contributed by atoms with van der Waals surface area (Å²) < 4.78 is 27.9. The SMILES string of the molecule is CCOC(=O)c1cn2cc(CC3=CC=C(OC)C(c4cccc(Cl)c4)C3F)ccc2n1. The fraction of sp³-hybridized carbons (Fsp3) is 0.250. The Morgan fingerprint density at radius 2 is 2.06 bits per heavy atom. The van der Waals surface area contributed by atoms with Gasteiger partial charge in [-0.1, -0.05) is 35.9 Å². The summed E-state index contributed by atoms with van der Waals surface area (Å²) in [6.07, 6.45) is 6.21. The van der Waals surface area contributed by atoms with E-state index in [0.29, 0.717) is 28.4 Å². The second kappa shape index (κ2) is 8.94. The van der Waals surface area contributed by atoms with Crippen molar-refractivity contribution in [2.45, 2.75) is 25.4 Å². The summed E-state index contributed by atoms with van der Waals surface area (Å²) >= 11 is 6.13. The Bertz CT molecular complexity index is 1180. The Morgan fingerprint density at radius 3 is 2.81 bits per heavy atom. The van der Waals surface area contributed by atoms with Crippen LogP contribution in [-0.4, -0.2) is 35.2 Å². The number of alkyl halides is 1. The van der Waals surface area contributed by atoms with Crippen LogP contribution in [0.25, 0.3) is 5.65 Å². The molecule has 0 aliphatic heterocycles. The Labute approximate surface area is 184 Å². The molecule has 2 atom stereocenters. The highest BCUT2D eigenvalue weighted by Gasteiger charge is 2.33. The lowest BCUT2D eigenvalue weighted by Crippen LogP contribution is -2.23. The van der Waals surface area contributed by atoms with Crippen LogP contribution in [0, 0.1) is 0 Å². The number of hydrogen-bond acceptors (Lipinski definition) is 4. The number of allylic oxidation sites excluding steroid dienone is 4. The summed E-state index contributed by atoms with van der Waals surface area (Å²) in [4.78, 5) is 16.2. The Balaban J connectivity index is 1.61. The second-order valence-corrected chi connectivity index (χ2v) is 7.71. The number of halogens is 2. The van der Waals surface area contributed by atoms with Gasteiger partial charge in [0.25, 0.3) is 0 Å². The molecular weight excluding hydrogens is 419 g/mol. The van der Waals surface area contributed by atoms with Crippen LogP contribution in [0.5, 0.6) is 0 Å². The number of hydrogen-bond donors (Lipinski definition) is 0. The van der Waals surface area contributed by atoms with Crippen molar-refractivity contribution in [1.82, 2.24) is 9.38 Å². The monoisotopic (exact) mass is 440 g/mol. The molecule has 0 spiro atoms. The van der Waals surface area contributed by atoms with Gasteiger partial charge in [-0.2, -0.15) is 0 Å². The zero-order valence-corrected chi connectivity index (χ0v) is 18.0. The number of aromatic nitrogens is 2. The number of methoxy groups -OCH3 is 1. The average Bonchev–Trinajstić information content (AvgIpc) is 3.19. The van der Waals surface area contributed by atoms with Crippen molar-refractivity contribution in [3.8, 4) is 0 Å². The summed E-state index contributed by atoms with van der Waals surface area (Å²) in [5.74, 6) is -0.466. The Hall–Kier alpha value is -3.12. The number of pyridine rings is 1. The highest BCUT2D eigenvalue weighted by molar-refractivity contribution is 6.30. The molecule has 3 aromatic rings. The van der Waals surface area contributed by atoms with E-state index in [-0.39, 0.29) is 12.3 Å². The molecular formula is C24H22ClFN2O3. The lowest BCUT2D eigenvalue weighted by molar-refractivity contribution is 0.0520. The molecule has 2 heterocycles. The molecule has 160 valence electrons. The topological polar surface area (TPSA) is 52.8 Å². The number of ether oxygens (including phenoxy) is 2. The van der Waals surface area contributed by atoms with Crippen molar-refractivity contribution >= 4 is 23.2 Å². The van der Waals surface area contributed by atoms with Gasteiger partial charge in [0.1, 0.15) is 17.6 Å². The van der Waals surface area contributed by atoms with Crippen LogP contribution in [0.15, 0.2) is 72.3 Å². The van der Waals surface area contributed by atoms with E-state index in [1.165, 1.54) is 0 Å². The molecule has 7 heteroatoms. The third kappa shape index (κ3) is 4.35. The van der Waals surface area contributed by atoms with E-state index in [9.17, 15) is 4.79 Å². The van der Waals surface area contributed by atoms with Gasteiger partial charge in [-0.15, -0.1) is 0 Å². The lowest BCUT2D eigenvalue weighted by atomic mass is 9.83. The smallest absolute Gasteiger partial charge is 0.358 e. The van der Waals surface area contributed by atoms with Gasteiger partial charge >= 0.3 is 5.97 Å². The number of rotatable bonds is 6. The molecule has 0 radical (unpaired) electrons. The molecule has 0 saturated carbocycles. The van der Waals surface area contributed by atoms with Crippen LogP contribution in [0.2, 0.25) is 5.02 Å². The number of carbonyl (C=O) groups is 1. The lowest BCUT2D eigenvalue weighted by Gasteiger charge is -2.28. The summed E-state index contributed by atoms with van der Waals surface area (Å²) in [7, 11) is 1.54. The molecule has 0 bridgehead atoms. The predicted molar refractivity (Wildman–Crippen MR) is 117 cm³/mol. The molecule has 2 aromatic heterocycles. The molecule has 1 aromatic carbocycles. The molecule has 31 heavy (non-hydrogen) atoms. The minimum atomic E-state index is -1.26. The normalized spacial score (nSPS) is 18.5. The quantitative estimate of drug-likeness (QED) is 0.488. The van der Waals surface area contributed by atoms with E-state index in [1.807, 2.05) is 30.5 Å². The van der Waals surface area contributed by atoms with Crippen molar-refractivity contribution in [2.24, 2.45) is 0 Å². The summed E-state index contributed by atoms with van der Waals surface area (Å²) in [6.45, 7) is 2.03. The van der Waals surface area contributed by atoms with Gasteiger partial charge in [-0.25, -0.2) is 14.2 Å². The average molecular weight is 441 g/mol. The van der Waals surface area contributed by atoms with Crippen LogP contribution >= 0.6 is 11.6 Å². The van der Waals surface area contributed by atoms with Crippen LogP contribution in [0.4, 0.5) is 4.39 Å². The van der Waals surface area contributed by atoms with Crippen molar-refractivity contribution < 1.29 is 18.7 Å². The van der Waals surface area contributed by atoms with Crippen LogP contribution in [-0.2, 0) is 15.9 Å². The van der Waals surface area contributed by atoms with Crippen LogP contribution < -0.4 is 0 Å². The molecule has 5 nitrogen and oxygen atoms in total. The third-order valence-corrected chi connectivity index (χ3v) is 5.50. The molecule has 4 rings (SSSR count). The van der Waals surface area contributed by atoms with Gasteiger partial charge < -0.3 is 13.9 Å². The summed E-state index contributed by atoms with van der Waals surface area (Å²) in [5, 5.41) is 0.555. The molecule has 0 saturated heterocycles. The van der Waals surface area contributed by atoms with E-state index in [2.05, 4.69) is 4.98 Å². The maximum absolute atomic E-state index is 15.6. The first-order chi connectivity index (χ1) is 15.0. The highest BCUT2D eigenvalue weighted by atomic mass is 35.5. The van der Waals surface area contributed by atoms with Crippen molar-refractivity contribution in [3.63, 3.8) is 0 Å². The number of esters is 1. The maximum Gasteiger partial charge on any atom is 0.358 e. The predicted octanol–water partition coefficient (Wildman–Crippen LogP) is 5.30. The van der Waals surface area contributed by atoms with Crippen molar-refractivity contribution in [2.75, 3.05) is 13.7 Å². The molecule has 2 unspecified atom stereocenters. The van der Waals surface area contributed by atoms with Gasteiger partial charge in [-0.3, -0.25) is 0 Å². The van der Waals surface area contributed by atoms with E-state index >= 15 is 4.39 Å². The molecule has 1 aliphatic rings. The standard InChI is InChI=1S/C24H22ClFN2O3/c1-3-31-24(29)19-14-28-13-15(7-10-21(28)27-19)11-17-8-9-20(30-2)22(23(17)26)16-5-4-6-18(25)12-16/h4-10,12-14,22-23H,3,11H2,1-2H3. The van der Waals surface area contributed by atoms with E-state index < -0.39 is 18.1 Å².